The number of rotatable bonds is 5. The van der Waals surface area contributed by atoms with Crippen molar-refractivity contribution in [3.05, 3.63) is 34.9 Å². The number of nitrogens with zero attached hydrogens (tertiary/aromatic N) is 1. The summed E-state index contributed by atoms with van der Waals surface area (Å²) in [6.07, 6.45) is 4.02. The summed E-state index contributed by atoms with van der Waals surface area (Å²) in [5.41, 5.74) is 2.01. The monoisotopic (exact) mass is 396 g/mol. The molecule has 1 aromatic rings. The Morgan fingerprint density at radius 2 is 1.86 bits per heavy atom. The molecule has 8 nitrogen and oxygen atoms in total. The summed E-state index contributed by atoms with van der Waals surface area (Å²) in [5.74, 6) is -1.20. The molecule has 3 N–H and O–H groups in total. The first-order valence-corrected chi connectivity index (χ1v) is 10.3. The fourth-order valence-corrected chi connectivity index (χ4v) is 5.07. The number of nitrogens with one attached hydrogen (secondary N) is 3. The van der Waals surface area contributed by atoms with E-state index in [9.17, 15) is 19.2 Å². The van der Waals surface area contributed by atoms with Gasteiger partial charge in [-0.05, 0) is 62.4 Å². The highest BCUT2D eigenvalue weighted by molar-refractivity contribution is 6.23. The van der Waals surface area contributed by atoms with Crippen molar-refractivity contribution in [2.45, 2.75) is 50.2 Å². The van der Waals surface area contributed by atoms with Gasteiger partial charge in [0.2, 0.25) is 11.8 Å². The molecule has 5 rings (SSSR count). The summed E-state index contributed by atoms with van der Waals surface area (Å²) < 4.78 is 0. The lowest BCUT2D eigenvalue weighted by atomic mass is 9.63. The zero-order chi connectivity index (χ0) is 20.2. The van der Waals surface area contributed by atoms with E-state index < -0.39 is 23.8 Å². The fraction of sp³-hybridized carbons (Fsp3) is 0.524. The third kappa shape index (κ3) is 3.07. The molecule has 1 aliphatic carbocycles. The zero-order valence-corrected chi connectivity index (χ0v) is 16.1. The van der Waals surface area contributed by atoms with E-state index in [1.165, 1.54) is 19.3 Å². The minimum absolute atomic E-state index is 0.122. The first kappa shape index (κ1) is 18.4. The Balaban J connectivity index is 1.22. The molecule has 4 amide bonds. The molecule has 8 heteroatoms. The highest BCUT2D eigenvalue weighted by atomic mass is 16.2. The zero-order valence-electron chi connectivity index (χ0n) is 16.1. The second-order valence-electron chi connectivity index (χ2n) is 8.69. The van der Waals surface area contributed by atoms with Crippen LogP contribution in [0.25, 0.3) is 0 Å². The van der Waals surface area contributed by atoms with Crippen molar-refractivity contribution >= 4 is 23.6 Å². The maximum Gasteiger partial charge on any atom is 0.262 e. The van der Waals surface area contributed by atoms with Crippen LogP contribution in [0.15, 0.2) is 18.2 Å². The maximum atomic E-state index is 12.8. The van der Waals surface area contributed by atoms with Crippen LogP contribution in [-0.2, 0) is 16.1 Å². The van der Waals surface area contributed by atoms with Crippen molar-refractivity contribution in [2.75, 3.05) is 13.1 Å². The molecule has 1 spiro atoms. The topological polar surface area (TPSA) is 108 Å². The Bertz CT molecular complexity index is 915. The summed E-state index contributed by atoms with van der Waals surface area (Å²) in [5, 5.41) is 9.19. The number of fused-ring (bicyclic) bond motifs is 1. The van der Waals surface area contributed by atoms with E-state index in [2.05, 4.69) is 16.0 Å². The number of imide groups is 2. The second-order valence-corrected chi connectivity index (χ2v) is 8.69. The molecule has 1 saturated carbocycles. The van der Waals surface area contributed by atoms with Gasteiger partial charge in [0.15, 0.2) is 0 Å². The molecule has 152 valence electrons. The lowest BCUT2D eigenvalue weighted by Crippen LogP contribution is -2.65. The van der Waals surface area contributed by atoms with Gasteiger partial charge in [-0.3, -0.25) is 29.4 Å². The van der Waals surface area contributed by atoms with Crippen molar-refractivity contribution in [2.24, 2.45) is 5.92 Å². The van der Waals surface area contributed by atoms with Gasteiger partial charge in [-0.25, -0.2) is 0 Å². The van der Waals surface area contributed by atoms with Crippen LogP contribution in [0.1, 0.15) is 58.4 Å². The van der Waals surface area contributed by atoms with Gasteiger partial charge in [-0.2, -0.15) is 0 Å². The van der Waals surface area contributed by atoms with Crippen molar-refractivity contribution in [1.82, 2.24) is 20.9 Å². The van der Waals surface area contributed by atoms with Gasteiger partial charge < -0.3 is 10.6 Å². The molecule has 3 heterocycles. The van der Waals surface area contributed by atoms with E-state index in [0.717, 1.165) is 23.6 Å². The smallest absolute Gasteiger partial charge is 0.262 e. The van der Waals surface area contributed by atoms with E-state index in [1.807, 2.05) is 6.07 Å². The van der Waals surface area contributed by atoms with Gasteiger partial charge in [0, 0.05) is 18.5 Å². The minimum Gasteiger partial charge on any atom is -0.312 e. The molecule has 4 aliphatic rings. The molecule has 0 aromatic heterocycles. The number of benzene rings is 1. The second kappa shape index (κ2) is 6.74. The summed E-state index contributed by atoms with van der Waals surface area (Å²) >= 11 is 0. The number of hydrogen-bond donors (Lipinski definition) is 3. The van der Waals surface area contributed by atoms with Gasteiger partial charge in [0.05, 0.1) is 11.1 Å². The Kier molecular flexibility index (Phi) is 4.29. The third-order valence-electron chi connectivity index (χ3n) is 6.73. The molecule has 1 atom stereocenters. The predicted molar refractivity (Wildman–Crippen MR) is 103 cm³/mol. The molecular formula is C21H24N4O4. The lowest BCUT2D eigenvalue weighted by Gasteiger charge is -2.55. The van der Waals surface area contributed by atoms with Crippen molar-refractivity contribution in [3.63, 3.8) is 0 Å². The van der Waals surface area contributed by atoms with Crippen LogP contribution >= 0.6 is 0 Å². The summed E-state index contributed by atoms with van der Waals surface area (Å²) in [6.45, 7) is 2.71. The highest BCUT2D eigenvalue weighted by Gasteiger charge is 2.47. The van der Waals surface area contributed by atoms with E-state index in [-0.39, 0.29) is 18.7 Å². The van der Waals surface area contributed by atoms with Crippen molar-refractivity contribution in [1.29, 1.82) is 0 Å². The van der Waals surface area contributed by atoms with Crippen molar-refractivity contribution < 1.29 is 19.2 Å². The molecule has 1 aromatic carbocycles. The van der Waals surface area contributed by atoms with Gasteiger partial charge in [-0.15, -0.1) is 0 Å². The highest BCUT2D eigenvalue weighted by Crippen LogP contribution is 2.43. The van der Waals surface area contributed by atoms with Crippen LogP contribution in [0.4, 0.5) is 0 Å². The molecule has 2 saturated heterocycles. The van der Waals surface area contributed by atoms with Crippen LogP contribution in [0.5, 0.6) is 0 Å². The predicted octanol–water partition coefficient (Wildman–Crippen LogP) is 0.320. The third-order valence-corrected chi connectivity index (χ3v) is 6.73. The molecule has 1 unspecified atom stereocenters. The standard InChI is InChI=1S/C21H24N4O4/c26-17-4-3-16(18(27)24-17)25-19(28)14-2-1-12(7-15(14)20(25)29)10-22-11-13-8-21(9-13)5-6-23-21/h1-2,7,13,16,22-23H,3-6,8-11H2,(H,24,26,27). The van der Waals surface area contributed by atoms with Gasteiger partial charge in [0.25, 0.3) is 11.8 Å². The Labute approximate surface area is 168 Å². The number of hydrogen-bond acceptors (Lipinski definition) is 6. The number of piperidine rings is 1. The van der Waals surface area contributed by atoms with Gasteiger partial charge >= 0.3 is 0 Å². The number of carbonyl (C=O) groups excluding carboxylic acids is 4. The van der Waals surface area contributed by atoms with Crippen LogP contribution in [-0.4, -0.2) is 53.2 Å². The molecule has 0 bridgehead atoms. The molecule has 3 aliphatic heterocycles. The number of carbonyl (C=O) groups is 4. The van der Waals surface area contributed by atoms with Crippen LogP contribution in [0.2, 0.25) is 0 Å². The van der Waals surface area contributed by atoms with Crippen LogP contribution in [0, 0.1) is 5.92 Å². The summed E-state index contributed by atoms with van der Waals surface area (Å²) in [6, 6.07) is 4.33. The quantitative estimate of drug-likeness (QED) is 0.619. The average Bonchev–Trinajstić information content (AvgIpc) is 2.86. The van der Waals surface area contributed by atoms with E-state index in [0.29, 0.717) is 29.1 Å². The van der Waals surface area contributed by atoms with E-state index in [1.54, 1.807) is 12.1 Å². The van der Waals surface area contributed by atoms with Gasteiger partial charge in [-0.1, -0.05) is 6.07 Å². The molecule has 3 fully saturated rings. The molecule has 0 radical (unpaired) electrons. The Morgan fingerprint density at radius 3 is 2.55 bits per heavy atom. The first-order chi connectivity index (χ1) is 14.0. The molecule has 29 heavy (non-hydrogen) atoms. The Hall–Kier alpha value is -2.58. The van der Waals surface area contributed by atoms with E-state index >= 15 is 0 Å². The van der Waals surface area contributed by atoms with E-state index in [4.69, 9.17) is 0 Å². The summed E-state index contributed by atoms with van der Waals surface area (Å²) in [4.78, 5) is 50.0. The first-order valence-electron chi connectivity index (χ1n) is 10.3. The van der Waals surface area contributed by atoms with Gasteiger partial charge in [0.1, 0.15) is 6.04 Å². The Morgan fingerprint density at radius 1 is 1.10 bits per heavy atom. The maximum absolute atomic E-state index is 12.8. The number of amides is 4. The molecular weight excluding hydrogens is 372 g/mol. The lowest BCUT2D eigenvalue weighted by molar-refractivity contribution is -0.136. The average molecular weight is 396 g/mol. The fourth-order valence-electron chi connectivity index (χ4n) is 5.07. The van der Waals surface area contributed by atoms with Crippen LogP contribution in [0.3, 0.4) is 0 Å². The van der Waals surface area contributed by atoms with Crippen LogP contribution < -0.4 is 16.0 Å². The SMILES string of the molecule is O=C1CCC(N2C(=O)c3ccc(CNCC4CC5(CCN5)C4)cc3C2=O)C(=O)N1. The minimum atomic E-state index is -0.923. The summed E-state index contributed by atoms with van der Waals surface area (Å²) in [7, 11) is 0. The van der Waals surface area contributed by atoms with Crippen molar-refractivity contribution in [3.8, 4) is 0 Å². The largest absolute Gasteiger partial charge is 0.312 e. The normalized spacial score (nSPS) is 30.8.